The number of aliphatic hydroxyl groups excluding tert-OH is 1. The maximum absolute atomic E-state index is 13.3. The molecule has 3 N–H and O–H groups in total. The molecule has 0 aromatic heterocycles. The molecular weight excluding hydrogens is 517 g/mol. The van der Waals surface area contributed by atoms with Crippen LogP contribution in [0.2, 0.25) is 0 Å². The smallest absolute Gasteiger partial charge is 0.310 e. The Balaban J connectivity index is 1.29. The number of hydrogen-bond donors (Lipinski definition) is 3. The Kier molecular flexibility index (Phi) is 10.1. The van der Waals surface area contributed by atoms with Crippen LogP contribution in [-0.4, -0.2) is 105 Å². The van der Waals surface area contributed by atoms with Crippen molar-refractivity contribution in [3.63, 3.8) is 0 Å². The minimum Gasteiger partial charge on any atom is -0.489 e. The molecule has 2 heterocycles. The van der Waals surface area contributed by atoms with Crippen LogP contribution in [0.5, 0.6) is 5.75 Å². The molecule has 0 spiro atoms. The van der Waals surface area contributed by atoms with Crippen molar-refractivity contribution in [2.45, 2.75) is 12.5 Å². The monoisotopic (exact) mass is 551 g/mol. The van der Waals surface area contributed by atoms with E-state index in [1.54, 1.807) is 31.3 Å². The van der Waals surface area contributed by atoms with Crippen LogP contribution in [-0.2, 0) is 20.8 Å². The molecule has 2 aliphatic heterocycles. The highest BCUT2D eigenvalue weighted by Gasteiger charge is 2.32. The first-order valence-electron chi connectivity index (χ1n) is 13.3. The minimum atomic E-state index is -1.06. The van der Waals surface area contributed by atoms with E-state index >= 15 is 0 Å². The van der Waals surface area contributed by atoms with Gasteiger partial charge < -0.3 is 25.4 Å². The number of fused-ring (bicyclic) bond motifs is 1. The summed E-state index contributed by atoms with van der Waals surface area (Å²) < 4.78 is 19.1. The summed E-state index contributed by atoms with van der Waals surface area (Å²) in [7, 11) is 1.58. The summed E-state index contributed by atoms with van der Waals surface area (Å²) in [5.41, 5.74) is 1.93. The number of nitrogens with one attached hydrogen (secondary N) is 2. The number of likely N-dealkylation sites (N-methyl/N-ethyl adjacent to an activating group) is 1. The SMILES string of the molecule is CN1C(=O)[C@@H](NC(=O)C(=O)NCCc2cccc(F)c2)COc2ccc(C#CCN3CCN(CCO)CC3)cc21. The van der Waals surface area contributed by atoms with Crippen LogP contribution in [0.15, 0.2) is 42.5 Å². The van der Waals surface area contributed by atoms with Crippen molar-refractivity contribution in [3.8, 4) is 17.6 Å². The third kappa shape index (κ3) is 7.79. The first kappa shape index (κ1) is 29.0. The number of nitrogens with zero attached hydrogens (tertiary/aromatic N) is 3. The average Bonchev–Trinajstić information content (AvgIpc) is 3.06. The first-order valence-corrected chi connectivity index (χ1v) is 13.3. The first-order chi connectivity index (χ1) is 19.3. The molecule has 2 aromatic rings. The lowest BCUT2D eigenvalue weighted by molar-refractivity contribution is -0.140. The van der Waals surface area contributed by atoms with Gasteiger partial charge in [0.25, 0.3) is 5.91 Å². The molecule has 0 unspecified atom stereocenters. The van der Waals surface area contributed by atoms with Crippen LogP contribution in [0.3, 0.4) is 0 Å². The zero-order chi connectivity index (χ0) is 28.5. The fourth-order valence-electron chi connectivity index (χ4n) is 4.56. The van der Waals surface area contributed by atoms with Crippen LogP contribution < -0.4 is 20.3 Å². The number of carbonyl (C=O) groups excluding carboxylic acids is 3. The van der Waals surface area contributed by atoms with E-state index in [9.17, 15) is 18.8 Å². The number of anilines is 1. The van der Waals surface area contributed by atoms with Gasteiger partial charge in [-0.05, 0) is 42.3 Å². The van der Waals surface area contributed by atoms with E-state index in [0.29, 0.717) is 36.5 Å². The molecule has 40 heavy (non-hydrogen) atoms. The second-order valence-electron chi connectivity index (χ2n) is 9.70. The van der Waals surface area contributed by atoms with Crippen molar-refractivity contribution in [1.82, 2.24) is 20.4 Å². The molecule has 11 heteroatoms. The highest BCUT2D eigenvalue weighted by molar-refractivity contribution is 6.35. The fourth-order valence-corrected chi connectivity index (χ4v) is 4.56. The summed E-state index contributed by atoms with van der Waals surface area (Å²) >= 11 is 0. The average molecular weight is 552 g/mol. The van der Waals surface area contributed by atoms with Gasteiger partial charge in [-0.2, -0.15) is 0 Å². The summed E-state index contributed by atoms with van der Waals surface area (Å²) in [6.45, 7) is 5.07. The highest BCUT2D eigenvalue weighted by Crippen LogP contribution is 2.31. The third-order valence-corrected chi connectivity index (χ3v) is 6.87. The standard InChI is InChI=1S/C29H34FN5O5/c1-33-25-19-21(5-3-11-34-12-14-35(15-13-34)16-17-36)7-8-26(25)40-20-24(29(33)39)32-28(38)27(37)31-10-9-22-4-2-6-23(30)18-22/h2,4,6-8,18-19,24,36H,9-17,20H2,1H3,(H,31,37)(H,32,38)/t24-/m0/s1. The van der Waals surface area contributed by atoms with Gasteiger partial charge in [-0.1, -0.05) is 24.0 Å². The molecule has 0 bridgehead atoms. The lowest BCUT2D eigenvalue weighted by Crippen LogP contribution is -2.53. The van der Waals surface area contributed by atoms with Gasteiger partial charge in [0, 0.05) is 51.9 Å². The van der Waals surface area contributed by atoms with Crippen LogP contribution in [0.25, 0.3) is 0 Å². The molecule has 10 nitrogen and oxygen atoms in total. The van der Waals surface area contributed by atoms with Gasteiger partial charge >= 0.3 is 11.8 Å². The summed E-state index contributed by atoms with van der Waals surface area (Å²) in [4.78, 5) is 43.7. The van der Waals surface area contributed by atoms with Gasteiger partial charge in [-0.3, -0.25) is 24.2 Å². The number of aliphatic hydroxyl groups is 1. The molecule has 4 rings (SSSR count). The van der Waals surface area contributed by atoms with Gasteiger partial charge in [0.2, 0.25) is 0 Å². The number of halogens is 1. The lowest BCUT2D eigenvalue weighted by atomic mass is 10.1. The number of benzene rings is 2. The van der Waals surface area contributed by atoms with E-state index in [-0.39, 0.29) is 25.6 Å². The van der Waals surface area contributed by atoms with Crippen molar-refractivity contribution < 1.29 is 28.6 Å². The van der Waals surface area contributed by atoms with E-state index < -0.39 is 23.8 Å². The zero-order valence-electron chi connectivity index (χ0n) is 22.5. The Morgan fingerprint density at radius 2 is 1.88 bits per heavy atom. The Hall–Kier alpha value is -3.98. The fraction of sp³-hybridized carbons (Fsp3) is 0.414. The summed E-state index contributed by atoms with van der Waals surface area (Å²) in [5, 5.41) is 14.0. The predicted octanol–water partition coefficient (Wildman–Crippen LogP) is -0.0140. The Labute approximate surface area is 233 Å². The predicted molar refractivity (Wildman–Crippen MR) is 147 cm³/mol. The van der Waals surface area contributed by atoms with Crippen molar-refractivity contribution in [2.24, 2.45) is 0 Å². The lowest BCUT2D eigenvalue weighted by Gasteiger charge is -2.33. The van der Waals surface area contributed by atoms with Crippen LogP contribution in [0.1, 0.15) is 11.1 Å². The zero-order valence-corrected chi connectivity index (χ0v) is 22.5. The van der Waals surface area contributed by atoms with Crippen molar-refractivity contribution >= 4 is 23.4 Å². The van der Waals surface area contributed by atoms with Crippen LogP contribution in [0.4, 0.5) is 10.1 Å². The maximum Gasteiger partial charge on any atom is 0.310 e. The van der Waals surface area contributed by atoms with Gasteiger partial charge in [-0.25, -0.2) is 4.39 Å². The number of rotatable bonds is 7. The molecule has 0 radical (unpaired) electrons. The Morgan fingerprint density at radius 1 is 1.10 bits per heavy atom. The highest BCUT2D eigenvalue weighted by atomic mass is 19.1. The molecule has 0 aliphatic carbocycles. The molecule has 1 atom stereocenters. The van der Waals surface area contributed by atoms with Crippen LogP contribution in [0, 0.1) is 17.7 Å². The number of amides is 3. The van der Waals surface area contributed by atoms with Gasteiger partial charge in [0.1, 0.15) is 24.2 Å². The van der Waals surface area contributed by atoms with Gasteiger partial charge in [0.05, 0.1) is 18.8 Å². The van der Waals surface area contributed by atoms with E-state index in [1.807, 2.05) is 6.07 Å². The third-order valence-electron chi connectivity index (χ3n) is 6.87. The molecule has 212 valence electrons. The maximum atomic E-state index is 13.3. The molecular formula is C29H34FN5O5. The van der Waals surface area contributed by atoms with Crippen molar-refractivity contribution in [2.75, 3.05) is 71.0 Å². The van der Waals surface area contributed by atoms with Crippen LogP contribution >= 0.6 is 0 Å². The Bertz CT molecular complexity index is 1290. The molecule has 1 saturated heterocycles. The number of hydrogen-bond acceptors (Lipinski definition) is 7. The molecule has 2 aliphatic rings. The van der Waals surface area contributed by atoms with E-state index in [4.69, 9.17) is 9.84 Å². The van der Waals surface area contributed by atoms with E-state index in [0.717, 1.165) is 31.7 Å². The normalized spacial score (nSPS) is 17.6. The summed E-state index contributed by atoms with van der Waals surface area (Å²) in [6, 6.07) is 10.3. The van der Waals surface area contributed by atoms with Gasteiger partial charge in [0.15, 0.2) is 0 Å². The number of ether oxygens (including phenoxy) is 1. The minimum absolute atomic E-state index is 0.133. The molecule has 3 amide bonds. The number of carbonyl (C=O) groups is 3. The second kappa shape index (κ2) is 13.9. The topological polar surface area (TPSA) is 114 Å². The number of β-amino-alcohol motifs (C(OH)–C–C–N with tert-alkyl or cyclic N) is 1. The molecule has 1 fully saturated rings. The van der Waals surface area contributed by atoms with Crippen molar-refractivity contribution in [3.05, 3.63) is 59.4 Å². The number of piperazine rings is 1. The quantitative estimate of drug-likeness (QED) is 0.328. The second-order valence-corrected chi connectivity index (χ2v) is 9.70. The molecule has 0 saturated carbocycles. The Morgan fingerprint density at radius 3 is 2.62 bits per heavy atom. The largest absolute Gasteiger partial charge is 0.489 e. The van der Waals surface area contributed by atoms with Crippen molar-refractivity contribution in [1.29, 1.82) is 0 Å². The van der Waals surface area contributed by atoms with Gasteiger partial charge in [-0.15, -0.1) is 0 Å². The summed E-state index contributed by atoms with van der Waals surface area (Å²) in [6.07, 6.45) is 0.354. The van der Waals surface area contributed by atoms with E-state index in [2.05, 4.69) is 32.3 Å². The molecule has 2 aromatic carbocycles. The summed E-state index contributed by atoms with van der Waals surface area (Å²) in [5.74, 6) is 4.16. The van der Waals surface area contributed by atoms with E-state index in [1.165, 1.54) is 17.0 Å².